The van der Waals surface area contributed by atoms with Gasteiger partial charge in [0.05, 0.1) is 0 Å². The fourth-order valence-corrected chi connectivity index (χ4v) is 6.51. The van der Waals surface area contributed by atoms with E-state index in [-0.39, 0.29) is 10.8 Å². The Morgan fingerprint density at radius 1 is 0.444 bits per heavy atom. The lowest BCUT2D eigenvalue weighted by Gasteiger charge is -2.23. The minimum Gasteiger partial charge on any atom is -0.264 e. The molecule has 1 nitrogen and oxygen atoms in total. The van der Waals surface area contributed by atoms with Crippen LogP contribution in [0.25, 0.3) is 44.5 Å². The number of fused-ring (bicyclic) bond motifs is 6. The maximum absolute atomic E-state index is 4.32. The summed E-state index contributed by atoms with van der Waals surface area (Å²) >= 11 is 0. The smallest absolute Gasteiger partial charge is 0.0346 e. The van der Waals surface area contributed by atoms with Gasteiger partial charge in [-0.05, 0) is 91.0 Å². The molecular formula is C35H29N. The summed E-state index contributed by atoms with van der Waals surface area (Å²) in [7, 11) is 0. The van der Waals surface area contributed by atoms with Crippen LogP contribution in [0.1, 0.15) is 49.9 Å². The zero-order valence-corrected chi connectivity index (χ0v) is 21.3. The van der Waals surface area contributed by atoms with Gasteiger partial charge in [0.2, 0.25) is 0 Å². The average Bonchev–Trinajstić information content (AvgIpc) is 3.28. The molecule has 1 aromatic heterocycles. The molecule has 1 heteroatoms. The van der Waals surface area contributed by atoms with Gasteiger partial charge in [0.1, 0.15) is 0 Å². The normalized spacial score (nSPS) is 15.7. The summed E-state index contributed by atoms with van der Waals surface area (Å²) in [4.78, 5) is 4.32. The van der Waals surface area contributed by atoms with Gasteiger partial charge in [0.25, 0.3) is 0 Å². The van der Waals surface area contributed by atoms with Gasteiger partial charge in [-0.1, -0.05) is 94.4 Å². The highest BCUT2D eigenvalue weighted by Crippen LogP contribution is 2.52. The molecule has 36 heavy (non-hydrogen) atoms. The van der Waals surface area contributed by atoms with E-state index in [4.69, 9.17) is 0 Å². The lowest BCUT2D eigenvalue weighted by Crippen LogP contribution is -2.15. The van der Waals surface area contributed by atoms with Gasteiger partial charge in [-0.15, -0.1) is 0 Å². The highest BCUT2D eigenvalue weighted by molar-refractivity contribution is 5.87. The van der Waals surface area contributed by atoms with E-state index in [2.05, 4.69) is 118 Å². The Morgan fingerprint density at radius 2 is 0.917 bits per heavy atom. The molecule has 0 radical (unpaired) electrons. The molecule has 2 aliphatic rings. The van der Waals surface area contributed by atoms with Crippen molar-refractivity contribution in [3.63, 3.8) is 0 Å². The van der Waals surface area contributed by atoms with Crippen molar-refractivity contribution in [3.05, 3.63) is 126 Å². The molecular weight excluding hydrogens is 434 g/mol. The Hall–Kier alpha value is -3.97. The minimum atomic E-state index is -0.0644. The standard InChI is InChI=1S/C35H29N/c1-34(2)30-10-6-5-9-26(30)27-14-11-22(18-31(27)34)23-12-15-28-29-16-13-24(25-8-7-17-36-21-25)20-33(29)35(3,4)32(28)19-23/h5-21H,1-4H3. The molecule has 0 bridgehead atoms. The van der Waals surface area contributed by atoms with Gasteiger partial charge < -0.3 is 0 Å². The maximum Gasteiger partial charge on any atom is 0.0346 e. The topological polar surface area (TPSA) is 12.9 Å². The van der Waals surface area contributed by atoms with Gasteiger partial charge in [-0.3, -0.25) is 4.98 Å². The summed E-state index contributed by atoms with van der Waals surface area (Å²) in [5, 5.41) is 0. The summed E-state index contributed by atoms with van der Waals surface area (Å²) in [5.74, 6) is 0. The van der Waals surface area contributed by atoms with Crippen LogP contribution in [0.4, 0.5) is 0 Å². The number of pyridine rings is 1. The first kappa shape index (κ1) is 21.3. The minimum absolute atomic E-state index is 0.0108. The first-order valence-corrected chi connectivity index (χ1v) is 12.8. The molecule has 5 aromatic rings. The molecule has 0 unspecified atom stereocenters. The first-order valence-electron chi connectivity index (χ1n) is 12.8. The molecule has 174 valence electrons. The molecule has 0 atom stereocenters. The number of benzene rings is 4. The summed E-state index contributed by atoms with van der Waals surface area (Å²) in [5.41, 5.74) is 16.0. The quantitative estimate of drug-likeness (QED) is 0.254. The lowest BCUT2D eigenvalue weighted by atomic mass is 9.80. The van der Waals surface area contributed by atoms with E-state index >= 15 is 0 Å². The monoisotopic (exact) mass is 463 g/mol. The number of rotatable bonds is 2. The molecule has 2 aliphatic carbocycles. The van der Waals surface area contributed by atoms with Crippen molar-refractivity contribution in [1.82, 2.24) is 4.98 Å². The van der Waals surface area contributed by atoms with Crippen LogP contribution in [-0.2, 0) is 10.8 Å². The van der Waals surface area contributed by atoms with Crippen LogP contribution in [0.15, 0.2) is 103 Å². The molecule has 0 amide bonds. The molecule has 0 saturated carbocycles. The lowest BCUT2D eigenvalue weighted by molar-refractivity contribution is 0.659. The van der Waals surface area contributed by atoms with Crippen LogP contribution in [0.3, 0.4) is 0 Å². The van der Waals surface area contributed by atoms with Gasteiger partial charge in [0, 0.05) is 23.2 Å². The van der Waals surface area contributed by atoms with Crippen LogP contribution >= 0.6 is 0 Å². The predicted molar refractivity (Wildman–Crippen MR) is 150 cm³/mol. The fourth-order valence-electron chi connectivity index (χ4n) is 6.51. The Balaban J connectivity index is 1.32. The Labute approximate surface area is 213 Å². The Morgan fingerprint density at radius 3 is 1.44 bits per heavy atom. The average molecular weight is 464 g/mol. The van der Waals surface area contributed by atoms with Crippen molar-refractivity contribution in [1.29, 1.82) is 0 Å². The highest BCUT2D eigenvalue weighted by atomic mass is 14.6. The highest BCUT2D eigenvalue weighted by Gasteiger charge is 2.37. The van der Waals surface area contributed by atoms with E-state index in [9.17, 15) is 0 Å². The summed E-state index contributed by atoms with van der Waals surface area (Å²) in [6, 6.07) is 34.0. The zero-order valence-electron chi connectivity index (χ0n) is 21.3. The van der Waals surface area contributed by atoms with Crippen molar-refractivity contribution in [3.8, 4) is 44.5 Å². The van der Waals surface area contributed by atoms with Crippen LogP contribution in [0, 0.1) is 0 Å². The van der Waals surface area contributed by atoms with E-state index in [0.29, 0.717) is 0 Å². The van der Waals surface area contributed by atoms with E-state index in [0.717, 1.165) is 5.56 Å². The second-order valence-electron chi connectivity index (χ2n) is 11.3. The predicted octanol–water partition coefficient (Wildman–Crippen LogP) is 9.03. The van der Waals surface area contributed by atoms with Gasteiger partial charge >= 0.3 is 0 Å². The molecule has 4 aromatic carbocycles. The van der Waals surface area contributed by atoms with Gasteiger partial charge in [0.15, 0.2) is 0 Å². The second kappa shape index (κ2) is 7.27. The summed E-state index contributed by atoms with van der Waals surface area (Å²) < 4.78 is 0. The number of hydrogen-bond acceptors (Lipinski definition) is 1. The van der Waals surface area contributed by atoms with Gasteiger partial charge in [-0.2, -0.15) is 0 Å². The second-order valence-corrected chi connectivity index (χ2v) is 11.3. The Bertz CT molecular complexity index is 1670. The molecule has 0 spiro atoms. The third kappa shape index (κ3) is 2.86. The summed E-state index contributed by atoms with van der Waals surface area (Å²) in [6.45, 7) is 9.42. The van der Waals surface area contributed by atoms with Gasteiger partial charge in [-0.25, -0.2) is 0 Å². The van der Waals surface area contributed by atoms with Crippen molar-refractivity contribution in [2.45, 2.75) is 38.5 Å². The van der Waals surface area contributed by atoms with Crippen molar-refractivity contribution < 1.29 is 0 Å². The number of hydrogen-bond donors (Lipinski definition) is 0. The number of aromatic nitrogens is 1. The van der Waals surface area contributed by atoms with Crippen molar-refractivity contribution in [2.24, 2.45) is 0 Å². The van der Waals surface area contributed by atoms with Crippen LogP contribution in [0.2, 0.25) is 0 Å². The molecule has 0 aliphatic heterocycles. The largest absolute Gasteiger partial charge is 0.264 e. The van der Waals surface area contributed by atoms with Crippen molar-refractivity contribution in [2.75, 3.05) is 0 Å². The van der Waals surface area contributed by atoms with Crippen LogP contribution < -0.4 is 0 Å². The maximum atomic E-state index is 4.32. The Kier molecular flexibility index (Phi) is 4.31. The first-order chi connectivity index (χ1) is 17.4. The van der Waals surface area contributed by atoms with E-state index < -0.39 is 0 Å². The molecule has 1 heterocycles. The van der Waals surface area contributed by atoms with Crippen molar-refractivity contribution >= 4 is 0 Å². The third-order valence-corrected chi connectivity index (χ3v) is 8.59. The molecule has 7 rings (SSSR count). The van der Waals surface area contributed by atoms with E-state index in [1.54, 1.807) is 0 Å². The van der Waals surface area contributed by atoms with E-state index in [1.165, 1.54) is 61.2 Å². The number of nitrogens with zero attached hydrogens (tertiary/aromatic N) is 1. The molecule has 0 N–H and O–H groups in total. The SMILES string of the molecule is CC1(C)c2ccccc2-c2ccc(-c3ccc4c(c3)C(C)(C)c3cc(-c5cccnc5)ccc3-4)cc21. The fraction of sp³-hybridized carbons (Fsp3) is 0.171. The molecule has 0 fully saturated rings. The molecule has 0 saturated heterocycles. The zero-order chi connectivity index (χ0) is 24.7. The van der Waals surface area contributed by atoms with Crippen LogP contribution in [-0.4, -0.2) is 4.98 Å². The van der Waals surface area contributed by atoms with Crippen LogP contribution in [0.5, 0.6) is 0 Å². The summed E-state index contributed by atoms with van der Waals surface area (Å²) in [6.07, 6.45) is 3.78. The third-order valence-electron chi connectivity index (χ3n) is 8.59. The van der Waals surface area contributed by atoms with E-state index in [1.807, 2.05) is 18.5 Å².